The fourth-order valence-electron chi connectivity index (χ4n) is 3.11. The van der Waals surface area contributed by atoms with Crippen LogP contribution in [0.15, 0.2) is 30.6 Å². The van der Waals surface area contributed by atoms with Gasteiger partial charge in [-0.2, -0.15) is 0 Å². The molecule has 1 fully saturated rings. The van der Waals surface area contributed by atoms with Gasteiger partial charge in [-0.05, 0) is 24.1 Å². The van der Waals surface area contributed by atoms with Gasteiger partial charge in [0, 0.05) is 27.2 Å². The number of carbonyl (C=O) groups is 1. The average molecular weight is 347 g/mol. The minimum Gasteiger partial charge on any atom is -0.380 e. The minimum atomic E-state index is -0.288. The van der Waals surface area contributed by atoms with Crippen molar-refractivity contribution >= 4 is 5.91 Å². The number of aromatic nitrogens is 3. The maximum atomic E-state index is 12.9. The third-order valence-electron chi connectivity index (χ3n) is 4.49. The van der Waals surface area contributed by atoms with Gasteiger partial charge in [0.05, 0.1) is 18.7 Å². The molecule has 25 heavy (non-hydrogen) atoms. The van der Waals surface area contributed by atoms with E-state index in [1.54, 1.807) is 25.6 Å². The van der Waals surface area contributed by atoms with Gasteiger partial charge in [-0.15, -0.1) is 10.2 Å². The molecule has 0 bridgehead atoms. The summed E-state index contributed by atoms with van der Waals surface area (Å²) in [6, 6.07) is 6.09. The maximum absolute atomic E-state index is 12.9. The molecule has 0 spiro atoms. The largest absolute Gasteiger partial charge is 0.380 e. The fourth-order valence-corrected chi connectivity index (χ4v) is 3.11. The van der Waals surface area contributed by atoms with Gasteiger partial charge in [-0.3, -0.25) is 9.69 Å². The Bertz CT molecular complexity index is 718. The van der Waals surface area contributed by atoms with Gasteiger partial charge >= 0.3 is 0 Å². The molecular formula is C17H22FN5O2. The molecule has 1 aliphatic heterocycles. The number of hydrogen-bond acceptors (Lipinski definition) is 5. The molecule has 0 radical (unpaired) electrons. The van der Waals surface area contributed by atoms with E-state index in [2.05, 4.69) is 20.4 Å². The first-order valence-corrected chi connectivity index (χ1v) is 8.18. The van der Waals surface area contributed by atoms with Crippen LogP contribution < -0.4 is 5.32 Å². The van der Waals surface area contributed by atoms with Crippen molar-refractivity contribution in [1.82, 2.24) is 25.0 Å². The highest BCUT2D eigenvalue weighted by molar-refractivity contribution is 5.78. The van der Waals surface area contributed by atoms with Crippen molar-refractivity contribution in [2.75, 3.05) is 20.2 Å². The second kappa shape index (κ2) is 7.71. The summed E-state index contributed by atoms with van der Waals surface area (Å²) in [6.45, 7) is 1.28. The molecule has 1 saturated heterocycles. The van der Waals surface area contributed by atoms with Crippen molar-refractivity contribution in [3.63, 3.8) is 0 Å². The summed E-state index contributed by atoms with van der Waals surface area (Å²) < 4.78 is 20.3. The number of halogens is 1. The minimum absolute atomic E-state index is 0.00554. The van der Waals surface area contributed by atoms with Gasteiger partial charge in [0.25, 0.3) is 0 Å². The first-order valence-electron chi connectivity index (χ1n) is 8.18. The summed E-state index contributed by atoms with van der Waals surface area (Å²) >= 11 is 0. The quantitative estimate of drug-likeness (QED) is 0.845. The molecule has 3 rings (SSSR count). The van der Waals surface area contributed by atoms with E-state index in [0.29, 0.717) is 13.1 Å². The lowest BCUT2D eigenvalue weighted by Crippen LogP contribution is -2.38. The zero-order valence-electron chi connectivity index (χ0n) is 14.4. The normalized spacial score (nSPS) is 20.8. The highest BCUT2D eigenvalue weighted by Crippen LogP contribution is 2.31. The van der Waals surface area contributed by atoms with Crippen molar-refractivity contribution in [2.45, 2.75) is 25.1 Å². The van der Waals surface area contributed by atoms with Crippen molar-refractivity contribution < 1.29 is 13.9 Å². The number of nitrogens with one attached hydrogen (secondary N) is 1. The Labute approximate surface area is 145 Å². The van der Waals surface area contributed by atoms with Crippen LogP contribution in [0.5, 0.6) is 0 Å². The summed E-state index contributed by atoms with van der Waals surface area (Å²) in [5.74, 6) is 0.448. The van der Waals surface area contributed by atoms with Crippen molar-refractivity contribution in [1.29, 1.82) is 0 Å². The molecule has 0 saturated carbocycles. The standard InChI is InChI=1S/C17H22FN5O2/c1-22-11-20-21-17(22)15-7-14(25-2)9-23(15)10-16(24)19-8-12-3-5-13(18)6-4-12/h3-6,11,14-15H,7-10H2,1-2H3,(H,19,24)/t14-,15+/m1/s1. The van der Waals surface area contributed by atoms with Crippen LogP contribution in [0.2, 0.25) is 0 Å². The number of ether oxygens (including phenoxy) is 1. The molecule has 1 N–H and O–H groups in total. The van der Waals surface area contributed by atoms with E-state index in [4.69, 9.17) is 4.74 Å². The topological polar surface area (TPSA) is 72.3 Å². The predicted octanol–water partition coefficient (Wildman–Crippen LogP) is 1.03. The molecule has 8 heteroatoms. The molecule has 1 aromatic carbocycles. The van der Waals surface area contributed by atoms with Crippen molar-refractivity contribution in [2.24, 2.45) is 7.05 Å². The van der Waals surface area contributed by atoms with E-state index in [-0.39, 0.29) is 30.4 Å². The highest BCUT2D eigenvalue weighted by Gasteiger charge is 2.36. The van der Waals surface area contributed by atoms with Crippen molar-refractivity contribution in [3.8, 4) is 0 Å². The second-order valence-electron chi connectivity index (χ2n) is 6.24. The number of likely N-dealkylation sites (tertiary alicyclic amines) is 1. The molecule has 1 aromatic heterocycles. The van der Waals surface area contributed by atoms with E-state index in [1.165, 1.54) is 12.1 Å². The Kier molecular flexibility index (Phi) is 5.40. The zero-order chi connectivity index (χ0) is 17.8. The number of carbonyl (C=O) groups excluding carboxylic acids is 1. The predicted molar refractivity (Wildman–Crippen MR) is 89.0 cm³/mol. The second-order valence-corrected chi connectivity index (χ2v) is 6.24. The van der Waals surface area contributed by atoms with Gasteiger partial charge in [0.1, 0.15) is 18.0 Å². The third-order valence-corrected chi connectivity index (χ3v) is 4.49. The number of methoxy groups -OCH3 is 1. The van der Waals surface area contributed by atoms with E-state index in [1.807, 2.05) is 11.6 Å². The van der Waals surface area contributed by atoms with Crippen LogP contribution in [0, 0.1) is 5.82 Å². The summed E-state index contributed by atoms with van der Waals surface area (Å²) in [4.78, 5) is 14.4. The fraction of sp³-hybridized carbons (Fsp3) is 0.471. The van der Waals surface area contributed by atoms with Crippen LogP contribution in [0.25, 0.3) is 0 Å². The third kappa shape index (κ3) is 4.21. The number of nitrogens with zero attached hydrogens (tertiary/aromatic N) is 4. The van der Waals surface area contributed by atoms with E-state index in [0.717, 1.165) is 17.8 Å². The Morgan fingerprint density at radius 3 is 2.80 bits per heavy atom. The molecule has 7 nitrogen and oxygen atoms in total. The molecule has 2 atom stereocenters. The molecule has 0 aliphatic carbocycles. The highest BCUT2D eigenvalue weighted by atomic mass is 19.1. The molecule has 0 unspecified atom stereocenters. The van der Waals surface area contributed by atoms with Gasteiger partial charge in [0.2, 0.25) is 5.91 Å². The van der Waals surface area contributed by atoms with Gasteiger partial charge < -0.3 is 14.6 Å². The molecule has 1 aliphatic rings. The summed E-state index contributed by atoms with van der Waals surface area (Å²) in [5, 5.41) is 11.0. The Hall–Kier alpha value is -2.32. The SMILES string of the molecule is CO[C@@H]1C[C@@H](c2nncn2C)N(CC(=O)NCc2ccc(F)cc2)C1. The molecule has 2 heterocycles. The lowest BCUT2D eigenvalue weighted by Gasteiger charge is -2.22. The maximum Gasteiger partial charge on any atom is 0.234 e. The van der Waals surface area contributed by atoms with Crippen LogP contribution in [0.3, 0.4) is 0 Å². The number of rotatable bonds is 6. The van der Waals surface area contributed by atoms with E-state index in [9.17, 15) is 9.18 Å². The first kappa shape index (κ1) is 17.5. The van der Waals surface area contributed by atoms with Crippen LogP contribution >= 0.6 is 0 Å². The lowest BCUT2D eigenvalue weighted by molar-refractivity contribution is -0.122. The molecular weight excluding hydrogens is 325 g/mol. The van der Waals surface area contributed by atoms with E-state index < -0.39 is 0 Å². The number of amides is 1. The monoisotopic (exact) mass is 347 g/mol. The number of benzene rings is 1. The summed E-state index contributed by atoms with van der Waals surface area (Å²) in [7, 11) is 3.57. The molecule has 1 amide bonds. The van der Waals surface area contributed by atoms with E-state index >= 15 is 0 Å². The van der Waals surface area contributed by atoms with Crippen LogP contribution in [-0.2, 0) is 23.1 Å². The number of hydrogen-bond donors (Lipinski definition) is 1. The smallest absolute Gasteiger partial charge is 0.234 e. The Morgan fingerprint density at radius 2 is 2.16 bits per heavy atom. The average Bonchev–Trinajstić information content (AvgIpc) is 3.20. The summed E-state index contributed by atoms with van der Waals surface area (Å²) in [5.41, 5.74) is 0.857. The van der Waals surface area contributed by atoms with Gasteiger partial charge in [-0.25, -0.2) is 4.39 Å². The lowest BCUT2D eigenvalue weighted by atomic mass is 10.2. The van der Waals surface area contributed by atoms with Gasteiger partial charge in [-0.1, -0.05) is 12.1 Å². The molecule has 134 valence electrons. The Morgan fingerprint density at radius 1 is 1.40 bits per heavy atom. The van der Waals surface area contributed by atoms with Crippen LogP contribution in [0.1, 0.15) is 23.9 Å². The molecule has 2 aromatic rings. The first-order chi connectivity index (χ1) is 12.1. The van der Waals surface area contributed by atoms with Crippen LogP contribution in [0.4, 0.5) is 4.39 Å². The Balaban J connectivity index is 1.60. The summed E-state index contributed by atoms with van der Waals surface area (Å²) in [6.07, 6.45) is 2.49. The van der Waals surface area contributed by atoms with Gasteiger partial charge in [0.15, 0.2) is 0 Å². The number of aryl methyl sites for hydroxylation is 1. The van der Waals surface area contributed by atoms with Crippen LogP contribution in [-0.4, -0.2) is 51.9 Å². The van der Waals surface area contributed by atoms with Crippen molar-refractivity contribution in [3.05, 3.63) is 47.8 Å². The zero-order valence-corrected chi connectivity index (χ0v) is 14.4.